The summed E-state index contributed by atoms with van der Waals surface area (Å²) in [5, 5.41) is 25.5. The normalized spacial score (nSPS) is 36.3. The second-order valence-electron chi connectivity index (χ2n) is 13.1. The number of carbonyl (C=O) groups is 4. The maximum atomic E-state index is 14.7. The molecule has 8 aliphatic heterocycles. The molecule has 11 rings (SSSR count). The Morgan fingerprint density at radius 1 is 0.755 bits per heavy atom. The Labute approximate surface area is 304 Å². The highest BCUT2D eigenvalue weighted by molar-refractivity contribution is 9.10. The molecule has 0 saturated carbocycles. The lowest BCUT2D eigenvalue weighted by Crippen LogP contribution is -2.73. The van der Waals surface area contributed by atoms with Gasteiger partial charge in [0.05, 0.1) is 13.2 Å². The van der Waals surface area contributed by atoms with E-state index in [2.05, 4.69) is 9.88 Å². The van der Waals surface area contributed by atoms with Crippen molar-refractivity contribution in [2.45, 2.75) is 44.0 Å². The SMILES string of the molecule is CN1C(=O)[C@]2(Cc3cn([C@]45C[C@@]67SSS[C@@](CO)(C(=O)N6[C@H]4Nc4ccccc45)N(C)C7=O)c4ccccc34)SSS[C@@]1(CO)C(=O)N2C. The number of aromatic nitrogens is 1. The average Bonchev–Trinajstić information content (AvgIpc) is 3.62. The third kappa shape index (κ3) is 3.64. The first-order valence-corrected chi connectivity index (χ1v) is 22.4. The van der Waals surface area contributed by atoms with Gasteiger partial charge in [0, 0.05) is 62.3 Å². The number of hydrogen-bond donors (Lipinski definition) is 3. The van der Waals surface area contributed by atoms with Crippen molar-refractivity contribution in [3.8, 4) is 0 Å². The molecule has 12 nitrogen and oxygen atoms in total. The van der Waals surface area contributed by atoms with Crippen LogP contribution in [0, 0.1) is 0 Å². The highest BCUT2D eigenvalue weighted by Crippen LogP contribution is 2.69. The molecule has 256 valence electrons. The highest BCUT2D eigenvalue weighted by atomic mass is 33.5. The van der Waals surface area contributed by atoms with Gasteiger partial charge in [-0.3, -0.25) is 24.1 Å². The molecular formula is C31H30N6O6S6. The molecule has 0 radical (unpaired) electrons. The summed E-state index contributed by atoms with van der Waals surface area (Å²) in [6.07, 6.45) is 1.80. The van der Waals surface area contributed by atoms with Crippen molar-refractivity contribution in [2.24, 2.45) is 0 Å². The van der Waals surface area contributed by atoms with Crippen LogP contribution < -0.4 is 5.32 Å². The van der Waals surface area contributed by atoms with Gasteiger partial charge in [-0.15, -0.1) is 0 Å². The molecule has 0 aliphatic carbocycles. The van der Waals surface area contributed by atoms with Crippen LogP contribution in [0.15, 0.2) is 54.7 Å². The molecule has 0 unspecified atom stereocenters. The minimum atomic E-state index is -1.47. The van der Waals surface area contributed by atoms with Crippen LogP contribution in [-0.2, 0) is 31.1 Å². The van der Waals surface area contributed by atoms with Gasteiger partial charge in [-0.2, -0.15) is 0 Å². The van der Waals surface area contributed by atoms with Gasteiger partial charge in [0.15, 0.2) is 9.74 Å². The lowest BCUT2D eigenvalue weighted by molar-refractivity contribution is -0.165. The van der Waals surface area contributed by atoms with E-state index < -0.39 is 44.4 Å². The second-order valence-corrected chi connectivity index (χ2v) is 22.0. The Kier molecular flexibility index (Phi) is 7.06. The summed E-state index contributed by atoms with van der Waals surface area (Å²) in [7, 11) is 12.6. The van der Waals surface area contributed by atoms with E-state index in [1.807, 2.05) is 54.7 Å². The number of aliphatic hydroxyl groups is 2. The topological polar surface area (TPSA) is 139 Å². The summed E-state index contributed by atoms with van der Waals surface area (Å²) < 4.78 is 2.17. The van der Waals surface area contributed by atoms with E-state index in [-0.39, 0.29) is 36.5 Å². The van der Waals surface area contributed by atoms with Crippen molar-refractivity contribution >= 4 is 103 Å². The van der Waals surface area contributed by atoms with Crippen LogP contribution in [0.1, 0.15) is 17.5 Å². The molecule has 4 amide bonds. The molecule has 1 spiro atoms. The van der Waals surface area contributed by atoms with E-state index in [4.69, 9.17) is 0 Å². The number of nitrogens with zero attached hydrogens (tertiary/aromatic N) is 5. The standard InChI is InChI=1S/C31H30N6O6S6/c1-33-25(42)30(15-38)34(2)23(40)28(33,44-48-46-30)12-17-13-36(21-11-7-4-8-18(17)21)27-14-29-24(41)35(3)31(16-39,47-49-45-29)26(43)37(29)22(27)32-20-10-6-5-9-19(20)27/h4-11,13,22,32,38-39H,12,14-16H2,1-3H3/t22-,27+,28+,29+,30+,31+/m1/s1. The van der Waals surface area contributed by atoms with Gasteiger partial charge in [-0.05, 0) is 80.5 Å². The molecule has 3 N–H and O–H groups in total. The van der Waals surface area contributed by atoms with Crippen molar-refractivity contribution in [2.75, 3.05) is 39.7 Å². The number of hydrogen-bond acceptors (Lipinski definition) is 13. The zero-order valence-electron chi connectivity index (χ0n) is 26.3. The van der Waals surface area contributed by atoms with Crippen LogP contribution in [-0.4, -0.2) is 118 Å². The minimum Gasteiger partial charge on any atom is -0.392 e. The van der Waals surface area contributed by atoms with Crippen molar-refractivity contribution < 1.29 is 29.4 Å². The Hall–Kier alpha value is -2.32. The third-order valence-corrected chi connectivity index (χ3v) is 21.4. The van der Waals surface area contributed by atoms with Crippen LogP contribution in [0.25, 0.3) is 10.9 Å². The first kappa shape index (κ1) is 32.6. The number of amides is 4. The van der Waals surface area contributed by atoms with Crippen molar-refractivity contribution in [3.05, 3.63) is 65.9 Å². The van der Waals surface area contributed by atoms with Crippen LogP contribution in [0.3, 0.4) is 0 Å². The fourth-order valence-electron chi connectivity index (χ4n) is 8.48. The molecule has 9 heterocycles. The van der Waals surface area contributed by atoms with E-state index >= 15 is 0 Å². The Balaban J connectivity index is 1.26. The van der Waals surface area contributed by atoms with Gasteiger partial charge in [-0.1, -0.05) is 36.4 Å². The Morgan fingerprint density at radius 2 is 1.35 bits per heavy atom. The molecular weight excluding hydrogens is 745 g/mol. The number of piperazine rings is 2. The van der Waals surface area contributed by atoms with E-state index in [0.29, 0.717) is 0 Å². The number of aliphatic hydroxyl groups excluding tert-OH is 2. The predicted octanol–water partition coefficient (Wildman–Crippen LogP) is 3.17. The maximum Gasteiger partial charge on any atom is 0.265 e. The lowest BCUT2D eigenvalue weighted by atomic mass is 9.86. The van der Waals surface area contributed by atoms with Gasteiger partial charge in [0.25, 0.3) is 23.6 Å². The van der Waals surface area contributed by atoms with E-state index in [0.717, 1.165) is 27.7 Å². The number of rotatable bonds is 5. The summed E-state index contributed by atoms with van der Waals surface area (Å²) in [6.45, 7) is -1.02. The molecule has 49 heavy (non-hydrogen) atoms. The monoisotopic (exact) mass is 774 g/mol. The molecule has 7 fully saturated rings. The zero-order chi connectivity index (χ0) is 34.3. The molecule has 8 aliphatic rings. The van der Waals surface area contributed by atoms with Crippen LogP contribution >= 0.6 is 62.8 Å². The second kappa shape index (κ2) is 10.6. The number of fused-ring (bicyclic) bond motifs is 11. The zero-order valence-corrected chi connectivity index (χ0v) is 31.2. The molecule has 1 aromatic heterocycles. The predicted molar refractivity (Wildman–Crippen MR) is 197 cm³/mol. The Bertz CT molecular complexity index is 2020. The van der Waals surface area contributed by atoms with Crippen molar-refractivity contribution in [1.82, 2.24) is 24.2 Å². The summed E-state index contributed by atoms with van der Waals surface area (Å²) in [4.78, 5) is 57.9. The average molecular weight is 775 g/mol. The van der Waals surface area contributed by atoms with E-state index in [9.17, 15) is 29.4 Å². The summed E-state index contributed by atoms with van der Waals surface area (Å²) in [6, 6.07) is 15.8. The van der Waals surface area contributed by atoms with Gasteiger partial charge >= 0.3 is 0 Å². The van der Waals surface area contributed by atoms with Crippen LogP contribution in [0.4, 0.5) is 5.69 Å². The molecule has 7 saturated heterocycles. The molecule has 2 aromatic carbocycles. The van der Waals surface area contributed by atoms with Crippen molar-refractivity contribution in [1.29, 1.82) is 0 Å². The molecule has 4 bridgehead atoms. The molecule has 6 atom stereocenters. The number of benzene rings is 2. The van der Waals surface area contributed by atoms with Crippen LogP contribution in [0.2, 0.25) is 0 Å². The van der Waals surface area contributed by atoms with Gasteiger partial charge < -0.3 is 34.8 Å². The first-order valence-electron chi connectivity index (χ1n) is 15.4. The largest absolute Gasteiger partial charge is 0.392 e. The van der Waals surface area contributed by atoms with Gasteiger partial charge in [0.2, 0.25) is 9.74 Å². The number of likely N-dealkylation sites (N-methyl/N-ethyl adjacent to an activating group) is 3. The fourth-order valence-corrected chi connectivity index (χ4v) is 20.2. The van der Waals surface area contributed by atoms with Crippen molar-refractivity contribution in [3.63, 3.8) is 0 Å². The third-order valence-electron chi connectivity index (χ3n) is 11.2. The molecule has 3 aromatic rings. The van der Waals surface area contributed by atoms with E-state index in [1.165, 1.54) is 77.5 Å². The van der Waals surface area contributed by atoms with E-state index in [1.54, 1.807) is 26.0 Å². The van der Waals surface area contributed by atoms with Gasteiger partial charge in [-0.25, -0.2) is 0 Å². The number of anilines is 1. The smallest absolute Gasteiger partial charge is 0.265 e. The van der Waals surface area contributed by atoms with Gasteiger partial charge in [0.1, 0.15) is 11.7 Å². The minimum absolute atomic E-state index is 0.186. The highest BCUT2D eigenvalue weighted by Gasteiger charge is 2.77. The number of carbonyl (C=O) groups excluding carboxylic acids is 4. The number of nitrogens with one attached hydrogen (secondary N) is 1. The fraction of sp³-hybridized carbons (Fsp3) is 0.419. The van der Waals surface area contributed by atoms with Crippen LogP contribution in [0.5, 0.6) is 0 Å². The summed E-state index contributed by atoms with van der Waals surface area (Å²) in [5.41, 5.74) is 2.50. The Morgan fingerprint density at radius 3 is 2.10 bits per heavy atom. The first-order chi connectivity index (χ1) is 23.5. The lowest BCUT2D eigenvalue weighted by Gasteiger charge is -2.50. The maximum absolute atomic E-state index is 14.7. The molecule has 18 heteroatoms. The summed E-state index contributed by atoms with van der Waals surface area (Å²) in [5.74, 6) is -1.16. The summed E-state index contributed by atoms with van der Waals surface area (Å²) >= 11 is 0. The quantitative estimate of drug-likeness (QED) is 0.328. The number of para-hydroxylation sites is 2.